The molecule has 7 heteroatoms. The first-order chi connectivity index (χ1) is 16.2. The molecule has 0 saturated heterocycles. The molecule has 0 fully saturated rings. The van der Waals surface area contributed by atoms with E-state index in [-0.39, 0.29) is 24.8 Å². The van der Waals surface area contributed by atoms with Crippen LogP contribution in [0.1, 0.15) is 53.1 Å². The minimum Gasteiger partial charge on any atom is -0.488 e. The van der Waals surface area contributed by atoms with Gasteiger partial charge in [0.15, 0.2) is 6.61 Å². The van der Waals surface area contributed by atoms with Crippen molar-refractivity contribution in [3.63, 3.8) is 0 Å². The zero-order valence-corrected chi connectivity index (χ0v) is 19.8. The first-order valence-electron chi connectivity index (χ1n) is 11.1. The van der Waals surface area contributed by atoms with Gasteiger partial charge in [0.25, 0.3) is 5.69 Å². The van der Waals surface area contributed by atoms with Crippen molar-refractivity contribution >= 4 is 11.7 Å². The first-order valence-corrected chi connectivity index (χ1v) is 11.1. The summed E-state index contributed by atoms with van der Waals surface area (Å²) < 4.78 is 11.3. The van der Waals surface area contributed by atoms with Gasteiger partial charge in [0.2, 0.25) is 0 Å². The fraction of sp³-hybridized carbons (Fsp3) is 0.296. The van der Waals surface area contributed by atoms with Crippen LogP contribution in [0.15, 0.2) is 54.6 Å². The van der Waals surface area contributed by atoms with Gasteiger partial charge in [-0.1, -0.05) is 38.1 Å². The third-order valence-electron chi connectivity index (χ3n) is 5.68. The van der Waals surface area contributed by atoms with Crippen molar-refractivity contribution in [2.75, 3.05) is 6.61 Å². The Morgan fingerprint density at radius 1 is 1.03 bits per heavy atom. The second-order valence-corrected chi connectivity index (χ2v) is 8.60. The number of hydrogen-bond donors (Lipinski definition) is 1. The molecule has 7 nitrogen and oxygen atoms in total. The molecule has 0 aromatic heterocycles. The van der Waals surface area contributed by atoms with Gasteiger partial charge in [-0.25, -0.2) is 4.79 Å². The van der Waals surface area contributed by atoms with Gasteiger partial charge >= 0.3 is 5.97 Å². The van der Waals surface area contributed by atoms with Gasteiger partial charge in [0, 0.05) is 6.07 Å². The Kier molecular flexibility index (Phi) is 7.89. The topological polar surface area (TPSA) is 98.9 Å². The van der Waals surface area contributed by atoms with Crippen LogP contribution in [0.3, 0.4) is 0 Å². The lowest BCUT2D eigenvalue weighted by Gasteiger charge is -2.17. The van der Waals surface area contributed by atoms with E-state index >= 15 is 0 Å². The number of nitro groups is 1. The Balaban J connectivity index is 1.81. The number of nitro benzene ring substituents is 1. The highest BCUT2D eigenvalue weighted by molar-refractivity contribution is 5.68. The van der Waals surface area contributed by atoms with Crippen molar-refractivity contribution in [3.05, 3.63) is 98.1 Å². The maximum atomic E-state index is 11.3. The van der Waals surface area contributed by atoms with Crippen LogP contribution in [0.4, 0.5) is 5.69 Å². The number of benzene rings is 3. The predicted octanol–water partition coefficient (Wildman–Crippen LogP) is 5.97. The van der Waals surface area contributed by atoms with E-state index in [0.717, 1.165) is 27.8 Å². The van der Waals surface area contributed by atoms with E-state index in [1.54, 1.807) is 18.2 Å². The van der Waals surface area contributed by atoms with E-state index in [4.69, 9.17) is 14.6 Å². The molecular formula is C27H29NO6. The van der Waals surface area contributed by atoms with E-state index in [1.165, 1.54) is 6.07 Å². The predicted molar refractivity (Wildman–Crippen MR) is 130 cm³/mol. The Bertz CT molecular complexity index is 1180. The van der Waals surface area contributed by atoms with Crippen LogP contribution < -0.4 is 9.47 Å². The third-order valence-corrected chi connectivity index (χ3v) is 5.68. The average Bonchev–Trinajstić information content (AvgIpc) is 2.79. The minimum absolute atomic E-state index is 0.0481. The lowest BCUT2D eigenvalue weighted by Crippen LogP contribution is -2.10. The maximum Gasteiger partial charge on any atom is 0.341 e. The molecule has 0 amide bonds. The van der Waals surface area contributed by atoms with Crippen LogP contribution in [0, 0.1) is 24.0 Å². The summed E-state index contributed by atoms with van der Waals surface area (Å²) >= 11 is 0. The van der Waals surface area contributed by atoms with Crippen molar-refractivity contribution in [1.82, 2.24) is 0 Å². The van der Waals surface area contributed by atoms with Crippen LogP contribution in [-0.2, 0) is 17.8 Å². The summed E-state index contributed by atoms with van der Waals surface area (Å²) in [6.45, 7) is 7.90. The number of nitrogens with zero attached hydrogens (tertiary/aromatic N) is 1. The number of carbonyl (C=O) groups is 1. The first kappa shape index (κ1) is 24.8. The molecule has 0 aliphatic heterocycles. The van der Waals surface area contributed by atoms with Crippen molar-refractivity contribution < 1.29 is 24.3 Å². The van der Waals surface area contributed by atoms with Gasteiger partial charge in [-0.15, -0.1) is 0 Å². The molecule has 3 aromatic rings. The second-order valence-electron chi connectivity index (χ2n) is 8.60. The maximum absolute atomic E-state index is 11.3. The summed E-state index contributed by atoms with van der Waals surface area (Å²) in [7, 11) is 0. The van der Waals surface area contributed by atoms with Gasteiger partial charge < -0.3 is 14.6 Å². The smallest absolute Gasteiger partial charge is 0.341 e. The highest BCUT2D eigenvalue weighted by Gasteiger charge is 2.16. The molecule has 1 N–H and O–H groups in total. The molecule has 0 unspecified atom stereocenters. The van der Waals surface area contributed by atoms with Crippen LogP contribution in [-0.4, -0.2) is 22.6 Å². The lowest BCUT2D eigenvalue weighted by molar-refractivity contribution is -0.385. The van der Waals surface area contributed by atoms with Crippen LogP contribution in [0.25, 0.3) is 0 Å². The van der Waals surface area contributed by atoms with E-state index < -0.39 is 10.9 Å². The molecule has 0 bridgehead atoms. The fourth-order valence-corrected chi connectivity index (χ4v) is 3.92. The molecule has 34 heavy (non-hydrogen) atoms. The molecule has 3 rings (SSSR count). The molecule has 3 aromatic carbocycles. The zero-order valence-electron chi connectivity index (χ0n) is 19.8. The lowest BCUT2D eigenvalue weighted by atomic mass is 9.93. The van der Waals surface area contributed by atoms with E-state index in [9.17, 15) is 14.9 Å². The van der Waals surface area contributed by atoms with Gasteiger partial charge in [-0.2, -0.15) is 0 Å². The monoisotopic (exact) mass is 463 g/mol. The summed E-state index contributed by atoms with van der Waals surface area (Å²) in [6, 6.07) is 16.4. The highest BCUT2D eigenvalue weighted by Crippen LogP contribution is 2.31. The number of carboxylic acid groups (broad SMARTS) is 1. The van der Waals surface area contributed by atoms with Gasteiger partial charge in [-0.05, 0) is 78.3 Å². The third kappa shape index (κ3) is 6.13. The Morgan fingerprint density at radius 2 is 1.71 bits per heavy atom. The van der Waals surface area contributed by atoms with Gasteiger partial charge in [0.1, 0.15) is 18.1 Å². The van der Waals surface area contributed by atoms with Crippen molar-refractivity contribution in [2.24, 2.45) is 0 Å². The van der Waals surface area contributed by atoms with Gasteiger partial charge in [-0.3, -0.25) is 10.1 Å². The van der Waals surface area contributed by atoms with Gasteiger partial charge in [0.05, 0.1) is 10.5 Å². The summed E-state index contributed by atoms with van der Waals surface area (Å²) in [5, 5.41) is 20.1. The normalized spacial score (nSPS) is 10.9. The summed E-state index contributed by atoms with van der Waals surface area (Å²) in [4.78, 5) is 21.7. The Hall–Kier alpha value is -3.87. The number of rotatable bonds is 10. The standard InChI is InChI=1S/C27H29NO6/c1-17(2)23-13-20(14-24-18(3)11-22(12-19(24)4)33-16-27(29)30)9-10-26(23)34-15-21-7-5-6-8-25(21)28(31)32/h5-13,17H,14-16H2,1-4H3,(H,29,30). The molecular weight excluding hydrogens is 434 g/mol. The number of para-hydroxylation sites is 1. The largest absolute Gasteiger partial charge is 0.488 e. The van der Waals surface area contributed by atoms with Crippen LogP contribution in [0.2, 0.25) is 0 Å². The van der Waals surface area contributed by atoms with E-state index in [2.05, 4.69) is 19.9 Å². The molecule has 0 heterocycles. The average molecular weight is 464 g/mol. The van der Waals surface area contributed by atoms with Crippen LogP contribution >= 0.6 is 0 Å². The van der Waals surface area contributed by atoms with Crippen LogP contribution in [0.5, 0.6) is 11.5 Å². The molecule has 0 radical (unpaired) electrons. The highest BCUT2D eigenvalue weighted by atomic mass is 16.6. The molecule has 0 aliphatic rings. The molecule has 0 saturated carbocycles. The second kappa shape index (κ2) is 10.8. The zero-order chi connectivity index (χ0) is 24.8. The Morgan fingerprint density at radius 3 is 2.32 bits per heavy atom. The Labute approximate surface area is 199 Å². The number of ether oxygens (including phenoxy) is 2. The number of hydrogen-bond acceptors (Lipinski definition) is 5. The SMILES string of the molecule is Cc1cc(OCC(=O)O)cc(C)c1Cc1ccc(OCc2ccccc2[N+](=O)[O-])c(C(C)C)c1. The quantitative estimate of drug-likeness (QED) is 0.294. The fourth-order valence-electron chi connectivity index (χ4n) is 3.92. The van der Waals surface area contributed by atoms with Crippen molar-refractivity contribution in [1.29, 1.82) is 0 Å². The van der Waals surface area contributed by atoms with E-state index in [0.29, 0.717) is 23.5 Å². The minimum atomic E-state index is -1.01. The molecule has 0 atom stereocenters. The number of aliphatic carboxylic acids is 1. The number of carboxylic acids is 1. The molecule has 178 valence electrons. The van der Waals surface area contributed by atoms with Crippen molar-refractivity contribution in [2.45, 2.75) is 46.6 Å². The molecule has 0 aliphatic carbocycles. The summed E-state index contributed by atoms with van der Waals surface area (Å²) in [5.74, 6) is 0.449. The summed E-state index contributed by atoms with van der Waals surface area (Å²) in [6.07, 6.45) is 0.709. The molecule has 0 spiro atoms. The van der Waals surface area contributed by atoms with E-state index in [1.807, 2.05) is 38.1 Å². The van der Waals surface area contributed by atoms with Crippen molar-refractivity contribution in [3.8, 4) is 11.5 Å². The summed E-state index contributed by atoms with van der Waals surface area (Å²) in [5.41, 5.74) is 5.95. The number of aryl methyl sites for hydroxylation is 2.